The van der Waals surface area contributed by atoms with Crippen molar-refractivity contribution in [3.8, 4) is 0 Å². The molecule has 1 unspecified atom stereocenters. The van der Waals surface area contributed by atoms with Gasteiger partial charge in [0.15, 0.2) is 0 Å². The van der Waals surface area contributed by atoms with E-state index in [1.165, 1.54) is 30.8 Å². The van der Waals surface area contributed by atoms with Gasteiger partial charge in [-0.1, -0.05) is 26.2 Å². The highest BCUT2D eigenvalue weighted by molar-refractivity contribution is 7.99. The van der Waals surface area contributed by atoms with Gasteiger partial charge in [0.1, 0.15) is 5.54 Å². The Balaban J connectivity index is 3.49. The molecule has 0 saturated carbocycles. The molecule has 0 amide bonds. The molecule has 108 valence electrons. The van der Waals surface area contributed by atoms with E-state index in [1.807, 2.05) is 11.8 Å². The standard InChI is InChI=1S/C14H29NO2S/c1-4-6-8-11-18-12-9-7-10-14(3,15)13(16)17-5-2/h4-12,15H2,1-3H3. The summed E-state index contributed by atoms with van der Waals surface area (Å²) in [7, 11) is 0. The molecule has 0 radical (unpaired) electrons. The maximum atomic E-state index is 11.6. The number of rotatable bonds is 11. The van der Waals surface area contributed by atoms with Gasteiger partial charge in [0.25, 0.3) is 0 Å². The number of nitrogens with two attached hydrogens (primary N) is 1. The van der Waals surface area contributed by atoms with Gasteiger partial charge in [0.05, 0.1) is 6.61 Å². The summed E-state index contributed by atoms with van der Waals surface area (Å²) >= 11 is 2.01. The zero-order chi connectivity index (χ0) is 13.9. The molecule has 0 heterocycles. The molecule has 0 aliphatic rings. The topological polar surface area (TPSA) is 52.3 Å². The summed E-state index contributed by atoms with van der Waals surface area (Å²) in [6.07, 6.45) is 6.76. The van der Waals surface area contributed by atoms with Crippen molar-refractivity contribution in [3.05, 3.63) is 0 Å². The van der Waals surface area contributed by atoms with Crippen LogP contribution in [0.3, 0.4) is 0 Å². The van der Waals surface area contributed by atoms with E-state index in [0.29, 0.717) is 13.0 Å². The molecule has 0 saturated heterocycles. The Hall–Kier alpha value is -0.220. The molecule has 0 fully saturated rings. The molecular weight excluding hydrogens is 246 g/mol. The molecule has 4 heteroatoms. The average molecular weight is 275 g/mol. The zero-order valence-corrected chi connectivity index (χ0v) is 13.0. The van der Waals surface area contributed by atoms with Crippen LogP contribution in [0.15, 0.2) is 0 Å². The lowest BCUT2D eigenvalue weighted by Crippen LogP contribution is -2.46. The Bertz CT molecular complexity index is 220. The fourth-order valence-corrected chi connectivity index (χ4v) is 2.67. The van der Waals surface area contributed by atoms with Gasteiger partial charge in [0, 0.05) is 0 Å². The van der Waals surface area contributed by atoms with Crippen molar-refractivity contribution in [1.82, 2.24) is 0 Å². The minimum Gasteiger partial charge on any atom is -0.465 e. The highest BCUT2D eigenvalue weighted by Gasteiger charge is 2.28. The molecule has 0 rings (SSSR count). The molecule has 0 bridgehead atoms. The first kappa shape index (κ1) is 17.8. The monoisotopic (exact) mass is 275 g/mol. The second-order valence-corrected chi connectivity index (χ2v) is 6.14. The van der Waals surface area contributed by atoms with E-state index >= 15 is 0 Å². The minimum atomic E-state index is -0.817. The van der Waals surface area contributed by atoms with E-state index in [0.717, 1.165) is 12.8 Å². The van der Waals surface area contributed by atoms with Crippen LogP contribution in [-0.2, 0) is 9.53 Å². The molecule has 3 nitrogen and oxygen atoms in total. The summed E-state index contributed by atoms with van der Waals surface area (Å²) < 4.78 is 4.96. The molecule has 0 aromatic carbocycles. The smallest absolute Gasteiger partial charge is 0.325 e. The Morgan fingerprint density at radius 1 is 1.17 bits per heavy atom. The van der Waals surface area contributed by atoms with E-state index in [-0.39, 0.29) is 5.97 Å². The molecular formula is C14H29NO2S. The summed E-state index contributed by atoms with van der Waals surface area (Å²) in [4.78, 5) is 11.6. The molecule has 1 atom stereocenters. The number of carbonyl (C=O) groups is 1. The van der Waals surface area contributed by atoms with Crippen molar-refractivity contribution in [2.24, 2.45) is 5.73 Å². The molecule has 0 aliphatic heterocycles. The van der Waals surface area contributed by atoms with Crippen LogP contribution in [0.2, 0.25) is 0 Å². The second kappa shape index (κ2) is 10.7. The Morgan fingerprint density at radius 2 is 1.78 bits per heavy atom. The van der Waals surface area contributed by atoms with Crippen molar-refractivity contribution < 1.29 is 9.53 Å². The molecule has 0 aromatic rings. The van der Waals surface area contributed by atoms with E-state index < -0.39 is 5.54 Å². The van der Waals surface area contributed by atoms with Crippen LogP contribution in [0.5, 0.6) is 0 Å². The first-order valence-corrected chi connectivity index (χ1v) is 8.24. The number of ether oxygens (including phenoxy) is 1. The average Bonchev–Trinajstić information content (AvgIpc) is 2.33. The van der Waals surface area contributed by atoms with Gasteiger partial charge in [-0.25, -0.2) is 0 Å². The van der Waals surface area contributed by atoms with Gasteiger partial charge in [0.2, 0.25) is 0 Å². The second-order valence-electron chi connectivity index (χ2n) is 4.91. The van der Waals surface area contributed by atoms with Crippen molar-refractivity contribution in [3.63, 3.8) is 0 Å². The molecule has 2 N–H and O–H groups in total. The van der Waals surface area contributed by atoms with Gasteiger partial charge in [-0.2, -0.15) is 11.8 Å². The Labute approximate surface area is 116 Å². The third kappa shape index (κ3) is 8.81. The SMILES string of the molecule is CCCCCSCCCCC(C)(N)C(=O)OCC. The summed E-state index contributed by atoms with van der Waals surface area (Å²) in [5.74, 6) is 2.15. The lowest BCUT2D eigenvalue weighted by atomic mass is 9.96. The van der Waals surface area contributed by atoms with Crippen molar-refractivity contribution >= 4 is 17.7 Å². The lowest BCUT2D eigenvalue weighted by Gasteiger charge is -2.21. The normalized spacial score (nSPS) is 14.2. The van der Waals surface area contributed by atoms with Crippen LogP contribution < -0.4 is 5.73 Å². The van der Waals surface area contributed by atoms with Crippen LogP contribution in [-0.4, -0.2) is 29.6 Å². The lowest BCUT2D eigenvalue weighted by molar-refractivity contribution is -0.149. The summed E-state index contributed by atoms with van der Waals surface area (Å²) in [5, 5.41) is 0. The van der Waals surface area contributed by atoms with E-state index in [2.05, 4.69) is 6.92 Å². The summed E-state index contributed by atoms with van der Waals surface area (Å²) in [6, 6.07) is 0. The molecule has 0 aliphatic carbocycles. The number of esters is 1. The predicted octanol–water partition coefficient (Wildman–Crippen LogP) is 3.36. The van der Waals surface area contributed by atoms with Gasteiger partial charge >= 0.3 is 5.97 Å². The van der Waals surface area contributed by atoms with Crippen LogP contribution >= 0.6 is 11.8 Å². The van der Waals surface area contributed by atoms with Crippen LogP contribution in [0.1, 0.15) is 59.3 Å². The van der Waals surface area contributed by atoms with Crippen molar-refractivity contribution in [2.75, 3.05) is 18.1 Å². The number of thioether (sulfide) groups is 1. The first-order valence-electron chi connectivity index (χ1n) is 7.08. The molecule has 18 heavy (non-hydrogen) atoms. The fourth-order valence-electron chi connectivity index (χ4n) is 1.65. The third-order valence-electron chi connectivity index (χ3n) is 2.87. The van der Waals surface area contributed by atoms with Crippen LogP contribution in [0.25, 0.3) is 0 Å². The fraction of sp³-hybridized carbons (Fsp3) is 0.929. The third-order valence-corrected chi connectivity index (χ3v) is 4.02. The highest BCUT2D eigenvalue weighted by Crippen LogP contribution is 2.15. The summed E-state index contributed by atoms with van der Waals surface area (Å²) in [5.41, 5.74) is 5.13. The maximum absolute atomic E-state index is 11.6. The van der Waals surface area contributed by atoms with Crippen molar-refractivity contribution in [2.45, 2.75) is 64.8 Å². The highest BCUT2D eigenvalue weighted by atomic mass is 32.2. The molecule has 0 aromatic heterocycles. The van der Waals surface area contributed by atoms with Crippen LogP contribution in [0.4, 0.5) is 0 Å². The van der Waals surface area contributed by atoms with Gasteiger partial charge in [-0.3, -0.25) is 4.79 Å². The van der Waals surface area contributed by atoms with Gasteiger partial charge in [-0.15, -0.1) is 0 Å². The van der Waals surface area contributed by atoms with Gasteiger partial charge in [-0.05, 0) is 44.6 Å². The van der Waals surface area contributed by atoms with Gasteiger partial charge < -0.3 is 10.5 Å². The number of hydrogen-bond donors (Lipinski definition) is 1. The number of carbonyl (C=O) groups excluding carboxylic acids is 1. The van der Waals surface area contributed by atoms with Crippen molar-refractivity contribution in [1.29, 1.82) is 0 Å². The Morgan fingerprint density at radius 3 is 2.33 bits per heavy atom. The predicted molar refractivity (Wildman–Crippen MR) is 79.9 cm³/mol. The molecule has 0 spiro atoms. The van der Waals surface area contributed by atoms with Crippen LogP contribution in [0, 0.1) is 0 Å². The number of unbranched alkanes of at least 4 members (excludes halogenated alkanes) is 3. The zero-order valence-electron chi connectivity index (χ0n) is 12.2. The minimum absolute atomic E-state index is 0.277. The van der Waals surface area contributed by atoms with E-state index in [1.54, 1.807) is 13.8 Å². The quantitative estimate of drug-likeness (QED) is 0.464. The van der Waals surface area contributed by atoms with E-state index in [4.69, 9.17) is 10.5 Å². The first-order chi connectivity index (χ1) is 8.54. The number of hydrogen-bond acceptors (Lipinski definition) is 4. The Kier molecular flexibility index (Phi) is 10.5. The maximum Gasteiger partial charge on any atom is 0.325 e. The summed E-state index contributed by atoms with van der Waals surface area (Å²) in [6.45, 7) is 6.20. The van der Waals surface area contributed by atoms with E-state index in [9.17, 15) is 4.79 Å². The largest absolute Gasteiger partial charge is 0.465 e.